The zero-order valence-corrected chi connectivity index (χ0v) is 15.2. The summed E-state index contributed by atoms with van der Waals surface area (Å²) in [6.07, 6.45) is 0. The fourth-order valence-electron chi connectivity index (χ4n) is 2.34. The Kier molecular flexibility index (Phi) is 6.19. The second kappa shape index (κ2) is 8.13. The van der Waals surface area contributed by atoms with Crippen LogP contribution in [0.1, 0.15) is 11.1 Å². The molecule has 0 aliphatic carbocycles. The molecule has 0 bridgehead atoms. The van der Waals surface area contributed by atoms with Crippen molar-refractivity contribution in [1.29, 1.82) is 0 Å². The zero-order chi connectivity index (χ0) is 16.8. The highest BCUT2D eigenvalue weighted by molar-refractivity contribution is 9.10. The highest BCUT2D eigenvalue weighted by Gasteiger charge is 2.11. The van der Waals surface area contributed by atoms with Gasteiger partial charge in [-0.15, -0.1) is 0 Å². The summed E-state index contributed by atoms with van der Waals surface area (Å²) >= 11 is 3.48. The maximum absolute atomic E-state index is 12.2. The molecule has 0 radical (unpaired) electrons. The van der Waals surface area contributed by atoms with Crippen LogP contribution in [0.5, 0.6) is 5.75 Å². The van der Waals surface area contributed by atoms with Gasteiger partial charge in [0.05, 0.1) is 14.2 Å². The number of benzene rings is 2. The van der Waals surface area contributed by atoms with Crippen LogP contribution in [0.3, 0.4) is 0 Å². The van der Waals surface area contributed by atoms with Crippen LogP contribution in [-0.4, -0.2) is 26.6 Å². The molecule has 23 heavy (non-hydrogen) atoms. The van der Waals surface area contributed by atoms with Crippen molar-refractivity contribution < 1.29 is 14.4 Å². The molecule has 1 amide bonds. The molecule has 0 heterocycles. The summed E-state index contributed by atoms with van der Waals surface area (Å²) < 4.78 is 6.22. The van der Waals surface area contributed by atoms with Gasteiger partial charge in [-0.2, -0.15) is 0 Å². The molecule has 1 atom stereocenters. The summed E-state index contributed by atoms with van der Waals surface area (Å²) in [5.74, 6) is 0.838. The van der Waals surface area contributed by atoms with Crippen molar-refractivity contribution in [3.8, 4) is 5.75 Å². The van der Waals surface area contributed by atoms with E-state index in [9.17, 15) is 4.79 Å². The Morgan fingerprint density at radius 2 is 2.04 bits per heavy atom. The molecule has 5 heteroatoms. The largest absolute Gasteiger partial charge is 0.497 e. The van der Waals surface area contributed by atoms with Crippen LogP contribution < -0.4 is 15.0 Å². The number of carbonyl (C=O) groups excluding carboxylic acids is 1. The lowest BCUT2D eigenvalue weighted by Crippen LogP contribution is -3.08. The van der Waals surface area contributed by atoms with Crippen molar-refractivity contribution in [3.63, 3.8) is 0 Å². The lowest BCUT2D eigenvalue weighted by molar-refractivity contribution is -0.885. The van der Waals surface area contributed by atoms with Crippen molar-refractivity contribution >= 4 is 27.5 Å². The van der Waals surface area contributed by atoms with E-state index >= 15 is 0 Å². The molecule has 2 rings (SSSR count). The van der Waals surface area contributed by atoms with Gasteiger partial charge >= 0.3 is 0 Å². The molecule has 0 aliphatic rings. The molecule has 2 N–H and O–H groups in total. The highest BCUT2D eigenvalue weighted by Crippen LogP contribution is 2.20. The number of ether oxygens (including phenoxy) is 1. The van der Waals surface area contributed by atoms with Gasteiger partial charge in [0.1, 0.15) is 12.3 Å². The van der Waals surface area contributed by atoms with E-state index in [1.807, 2.05) is 56.4 Å². The van der Waals surface area contributed by atoms with Crippen molar-refractivity contribution in [2.24, 2.45) is 0 Å². The molecule has 1 unspecified atom stereocenters. The van der Waals surface area contributed by atoms with E-state index in [1.165, 1.54) is 0 Å². The summed E-state index contributed by atoms with van der Waals surface area (Å²) in [6.45, 7) is 3.19. The smallest absolute Gasteiger partial charge is 0.279 e. The minimum atomic E-state index is 0.00106. The molecular weight excluding hydrogens is 356 g/mol. The number of methoxy groups -OCH3 is 1. The molecule has 2 aromatic rings. The van der Waals surface area contributed by atoms with Crippen molar-refractivity contribution in [2.75, 3.05) is 26.0 Å². The highest BCUT2D eigenvalue weighted by atomic mass is 79.9. The SMILES string of the molecule is COc1cccc(C[NH+](C)CC(=O)Nc2ccc(C)c(Br)c2)c1. The maximum Gasteiger partial charge on any atom is 0.279 e. The molecule has 2 aromatic carbocycles. The molecule has 0 spiro atoms. The number of amides is 1. The van der Waals surface area contributed by atoms with Gasteiger partial charge in [-0.05, 0) is 36.8 Å². The number of quaternary nitrogens is 1. The molecule has 0 fully saturated rings. The summed E-state index contributed by atoms with van der Waals surface area (Å²) in [6, 6.07) is 13.7. The average molecular weight is 378 g/mol. The summed E-state index contributed by atoms with van der Waals surface area (Å²) in [4.78, 5) is 13.3. The number of hydrogen-bond acceptors (Lipinski definition) is 2. The number of anilines is 1. The van der Waals surface area contributed by atoms with Gasteiger partial charge in [0.15, 0.2) is 6.54 Å². The van der Waals surface area contributed by atoms with Crippen LogP contribution in [0.2, 0.25) is 0 Å². The molecule has 0 aliphatic heterocycles. The van der Waals surface area contributed by atoms with Gasteiger partial charge in [0.2, 0.25) is 0 Å². The fraction of sp³-hybridized carbons (Fsp3) is 0.278. The first-order chi connectivity index (χ1) is 11.0. The topological polar surface area (TPSA) is 42.8 Å². The van der Waals surface area contributed by atoms with Crippen LogP contribution >= 0.6 is 15.9 Å². The summed E-state index contributed by atoms with van der Waals surface area (Å²) in [7, 11) is 3.66. The van der Waals surface area contributed by atoms with E-state index < -0.39 is 0 Å². The predicted octanol–water partition coefficient (Wildman–Crippen LogP) is 2.42. The van der Waals surface area contributed by atoms with Gasteiger partial charge < -0.3 is 15.0 Å². The first-order valence-corrected chi connectivity index (χ1v) is 8.27. The van der Waals surface area contributed by atoms with Gasteiger partial charge in [-0.25, -0.2) is 0 Å². The number of nitrogens with one attached hydrogen (secondary N) is 2. The van der Waals surface area contributed by atoms with Crippen molar-refractivity contribution in [1.82, 2.24) is 0 Å². The Balaban J connectivity index is 1.90. The third-order valence-corrected chi connectivity index (χ3v) is 4.41. The molecular formula is C18H22BrN2O2+. The summed E-state index contributed by atoms with van der Waals surface area (Å²) in [5.41, 5.74) is 3.10. The summed E-state index contributed by atoms with van der Waals surface area (Å²) in [5, 5.41) is 2.93. The minimum Gasteiger partial charge on any atom is -0.497 e. The van der Waals surface area contributed by atoms with Crippen LogP contribution in [0.15, 0.2) is 46.9 Å². The Morgan fingerprint density at radius 1 is 1.26 bits per heavy atom. The second-order valence-electron chi connectivity index (χ2n) is 5.67. The zero-order valence-electron chi connectivity index (χ0n) is 13.7. The molecule has 0 aromatic heterocycles. The Hall–Kier alpha value is -1.85. The number of likely N-dealkylation sites (N-methyl/N-ethyl adjacent to an activating group) is 1. The van der Waals surface area contributed by atoms with E-state index in [1.54, 1.807) is 7.11 Å². The monoisotopic (exact) mass is 377 g/mol. The van der Waals surface area contributed by atoms with E-state index in [4.69, 9.17) is 4.74 Å². The van der Waals surface area contributed by atoms with E-state index in [0.717, 1.165) is 38.5 Å². The Labute approximate surface area is 145 Å². The number of rotatable bonds is 6. The average Bonchev–Trinajstić information content (AvgIpc) is 2.51. The van der Waals surface area contributed by atoms with Crippen LogP contribution in [0.4, 0.5) is 5.69 Å². The van der Waals surface area contributed by atoms with Gasteiger partial charge in [0, 0.05) is 15.7 Å². The number of carbonyl (C=O) groups is 1. The van der Waals surface area contributed by atoms with Gasteiger partial charge in [-0.3, -0.25) is 4.79 Å². The molecule has 4 nitrogen and oxygen atoms in total. The van der Waals surface area contributed by atoms with Crippen molar-refractivity contribution in [2.45, 2.75) is 13.5 Å². The maximum atomic E-state index is 12.2. The van der Waals surface area contributed by atoms with Crippen LogP contribution in [0, 0.1) is 6.92 Å². The predicted molar refractivity (Wildman–Crippen MR) is 96.0 cm³/mol. The molecule has 0 saturated carbocycles. The van der Waals surface area contributed by atoms with E-state index in [-0.39, 0.29) is 5.91 Å². The first-order valence-electron chi connectivity index (χ1n) is 7.48. The van der Waals surface area contributed by atoms with Gasteiger partial charge in [0.25, 0.3) is 5.91 Å². The molecule has 0 saturated heterocycles. The van der Waals surface area contributed by atoms with Crippen molar-refractivity contribution in [3.05, 3.63) is 58.1 Å². The first kappa shape index (κ1) is 17.5. The lowest BCUT2D eigenvalue weighted by Gasteiger charge is -2.14. The number of hydrogen-bond donors (Lipinski definition) is 2. The molecule has 122 valence electrons. The van der Waals surface area contributed by atoms with Crippen LogP contribution in [-0.2, 0) is 11.3 Å². The van der Waals surface area contributed by atoms with Crippen LogP contribution in [0.25, 0.3) is 0 Å². The fourth-order valence-corrected chi connectivity index (χ4v) is 2.72. The standard InChI is InChI=1S/C18H21BrN2O2/c1-13-7-8-15(10-17(13)19)20-18(22)12-21(2)11-14-5-4-6-16(9-14)23-3/h4-10H,11-12H2,1-3H3,(H,20,22)/p+1. The third-order valence-electron chi connectivity index (χ3n) is 3.56. The quantitative estimate of drug-likeness (QED) is 0.811. The Morgan fingerprint density at radius 3 is 2.74 bits per heavy atom. The van der Waals surface area contributed by atoms with Gasteiger partial charge in [-0.1, -0.05) is 34.1 Å². The normalized spacial score (nSPS) is 11.8. The Bertz CT molecular complexity index is 688. The van der Waals surface area contributed by atoms with E-state index in [2.05, 4.69) is 21.2 Å². The number of halogens is 1. The van der Waals surface area contributed by atoms with E-state index in [0.29, 0.717) is 6.54 Å². The minimum absolute atomic E-state index is 0.00106. The lowest BCUT2D eigenvalue weighted by atomic mass is 10.2. The number of aryl methyl sites for hydroxylation is 1. The third kappa shape index (κ3) is 5.37. The second-order valence-corrected chi connectivity index (χ2v) is 6.53.